The summed E-state index contributed by atoms with van der Waals surface area (Å²) >= 11 is 2.12. The van der Waals surface area contributed by atoms with Gasteiger partial charge < -0.3 is 10.6 Å². The molecule has 0 aromatic carbocycles. The van der Waals surface area contributed by atoms with E-state index in [-0.39, 0.29) is 5.54 Å². The Hall–Kier alpha value is 0.230. The molecular formula is C14H29N3S. The quantitative estimate of drug-likeness (QED) is 0.827. The number of likely N-dealkylation sites (N-methyl/N-ethyl adjacent to an activating group) is 1. The van der Waals surface area contributed by atoms with Crippen LogP contribution in [0.3, 0.4) is 0 Å². The van der Waals surface area contributed by atoms with E-state index in [1.807, 2.05) is 0 Å². The van der Waals surface area contributed by atoms with E-state index in [4.69, 9.17) is 5.73 Å². The summed E-state index contributed by atoms with van der Waals surface area (Å²) in [5.41, 5.74) is 6.42. The number of rotatable bonds is 2. The van der Waals surface area contributed by atoms with Crippen molar-refractivity contribution in [2.45, 2.75) is 43.4 Å². The summed E-state index contributed by atoms with van der Waals surface area (Å²) in [5, 5.41) is 0. The molecule has 2 N–H and O–H groups in total. The van der Waals surface area contributed by atoms with Crippen LogP contribution >= 0.6 is 11.8 Å². The highest BCUT2D eigenvalue weighted by Gasteiger charge is 2.40. The van der Waals surface area contributed by atoms with Gasteiger partial charge in [-0.05, 0) is 32.9 Å². The fourth-order valence-electron chi connectivity index (χ4n) is 3.39. The molecule has 1 atom stereocenters. The Morgan fingerprint density at radius 2 is 1.94 bits per heavy atom. The summed E-state index contributed by atoms with van der Waals surface area (Å²) in [7, 11) is 2.24. The Morgan fingerprint density at radius 3 is 2.61 bits per heavy atom. The maximum atomic E-state index is 6.17. The minimum Gasteiger partial charge on any atom is -0.329 e. The van der Waals surface area contributed by atoms with Crippen LogP contribution in [-0.2, 0) is 0 Å². The van der Waals surface area contributed by atoms with Crippen LogP contribution in [0, 0.1) is 0 Å². The highest BCUT2D eigenvalue weighted by atomic mass is 32.2. The first-order valence-corrected chi connectivity index (χ1v) is 8.24. The molecule has 2 aliphatic rings. The number of hydrogen-bond acceptors (Lipinski definition) is 4. The van der Waals surface area contributed by atoms with Crippen LogP contribution in [0.4, 0.5) is 0 Å². The summed E-state index contributed by atoms with van der Waals surface area (Å²) in [6.07, 6.45) is 3.85. The van der Waals surface area contributed by atoms with Gasteiger partial charge in [0.15, 0.2) is 0 Å². The van der Waals surface area contributed by atoms with Gasteiger partial charge in [-0.15, -0.1) is 0 Å². The third-order valence-electron chi connectivity index (χ3n) is 4.63. The maximum Gasteiger partial charge on any atom is 0.0459 e. The predicted octanol–water partition coefficient (Wildman–Crippen LogP) is 1.63. The van der Waals surface area contributed by atoms with E-state index in [0.717, 1.165) is 13.1 Å². The molecule has 106 valence electrons. The number of thioether (sulfide) groups is 1. The lowest BCUT2D eigenvalue weighted by Gasteiger charge is -2.48. The first-order valence-electron chi connectivity index (χ1n) is 7.25. The molecule has 0 amide bonds. The zero-order valence-corrected chi connectivity index (χ0v) is 13.1. The molecule has 2 fully saturated rings. The summed E-state index contributed by atoms with van der Waals surface area (Å²) < 4.78 is 0.436. The second-order valence-electron chi connectivity index (χ2n) is 6.62. The van der Waals surface area contributed by atoms with E-state index >= 15 is 0 Å². The van der Waals surface area contributed by atoms with Gasteiger partial charge in [0.25, 0.3) is 0 Å². The van der Waals surface area contributed by atoms with Crippen LogP contribution in [0.25, 0.3) is 0 Å². The van der Waals surface area contributed by atoms with Crippen molar-refractivity contribution in [3.05, 3.63) is 0 Å². The van der Waals surface area contributed by atoms with Crippen molar-refractivity contribution in [2.24, 2.45) is 5.73 Å². The van der Waals surface area contributed by atoms with Crippen LogP contribution in [0.15, 0.2) is 0 Å². The molecule has 0 aromatic rings. The zero-order valence-electron chi connectivity index (χ0n) is 12.2. The number of hydrogen-bond donors (Lipinski definition) is 1. The minimum absolute atomic E-state index is 0.244. The highest BCUT2D eigenvalue weighted by Crippen LogP contribution is 2.35. The average molecular weight is 271 g/mol. The van der Waals surface area contributed by atoms with Crippen LogP contribution in [0.1, 0.15) is 33.1 Å². The van der Waals surface area contributed by atoms with Gasteiger partial charge in [0.2, 0.25) is 0 Å². The second-order valence-corrected chi connectivity index (χ2v) is 8.42. The summed E-state index contributed by atoms with van der Waals surface area (Å²) in [5.74, 6) is 1.25. The van der Waals surface area contributed by atoms with E-state index in [2.05, 4.69) is 42.5 Å². The normalized spacial score (nSPS) is 35.3. The number of nitrogens with two attached hydrogens (primary N) is 1. The summed E-state index contributed by atoms with van der Waals surface area (Å²) in [4.78, 5) is 5.16. The molecule has 0 aromatic heterocycles. The predicted molar refractivity (Wildman–Crippen MR) is 81.2 cm³/mol. The minimum atomic E-state index is 0.244. The van der Waals surface area contributed by atoms with Crippen molar-refractivity contribution < 1.29 is 0 Å². The third-order valence-corrected chi connectivity index (χ3v) is 6.01. The van der Waals surface area contributed by atoms with Gasteiger partial charge in [-0.25, -0.2) is 0 Å². The molecule has 4 heteroatoms. The van der Waals surface area contributed by atoms with Crippen molar-refractivity contribution in [2.75, 3.05) is 45.5 Å². The van der Waals surface area contributed by atoms with Gasteiger partial charge >= 0.3 is 0 Å². The van der Waals surface area contributed by atoms with Gasteiger partial charge in [0.05, 0.1) is 0 Å². The molecule has 3 nitrogen and oxygen atoms in total. The molecular weight excluding hydrogens is 242 g/mol. The van der Waals surface area contributed by atoms with Crippen molar-refractivity contribution in [3.8, 4) is 0 Å². The van der Waals surface area contributed by atoms with Crippen molar-refractivity contribution >= 4 is 11.8 Å². The van der Waals surface area contributed by atoms with E-state index in [9.17, 15) is 0 Å². The lowest BCUT2D eigenvalue weighted by atomic mass is 9.86. The number of nitrogens with zero attached hydrogens (tertiary/aromatic N) is 2. The highest BCUT2D eigenvalue weighted by molar-refractivity contribution is 8.00. The zero-order chi connectivity index (χ0) is 13.2. The standard InChI is InChI=1S/C14H29N3S/c1-13(2)6-8-17(9-10-18-13)14(11-15)5-4-7-16(3)12-14/h4-12,15H2,1-3H3. The Bertz CT molecular complexity index is 282. The Morgan fingerprint density at radius 1 is 1.17 bits per heavy atom. The molecule has 2 rings (SSSR count). The van der Waals surface area contributed by atoms with Crippen LogP contribution < -0.4 is 5.73 Å². The van der Waals surface area contributed by atoms with Crippen LogP contribution in [0.2, 0.25) is 0 Å². The fraction of sp³-hybridized carbons (Fsp3) is 1.00. The van der Waals surface area contributed by atoms with Gasteiger partial charge in [0, 0.05) is 42.2 Å². The van der Waals surface area contributed by atoms with Gasteiger partial charge in [-0.2, -0.15) is 11.8 Å². The van der Waals surface area contributed by atoms with Gasteiger partial charge in [-0.3, -0.25) is 4.90 Å². The maximum absolute atomic E-state index is 6.17. The molecule has 0 radical (unpaired) electrons. The van der Waals surface area contributed by atoms with Crippen molar-refractivity contribution in [1.29, 1.82) is 0 Å². The Labute approximate surface area is 116 Å². The SMILES string of the molecule is CN1CCCC(CN)(N2CCSC(C)(C)CC2)C1. The van der Waals surface area contributed by atoms with E-state index in [0.29, 0.717) is 4.75 Å². The molecule has 0 spiro atoms. The average Bonchev–Trinajstić information content (AvgIpc) is 2.50. The van der Waals surface area contributed by atoms with Crippen molar-refractivity contribution in [3.63, 3.8) is 0 Å². The van der Waals surface area contributed by atoms with E-state index < -0.39 is 0 Å². The first kappa shape index (κ1) is 14.6. The molecule has 1 unspecified atom stereocenters. The molecule has 0 aliphatic carbocycles. The topological polar surface area (TPSA) is 32.5 Å². The van der Waals surface area contributed by atoms with Gasteiger partial charge in [0.1, 0.15) is 0 Å². The largest absolute Gasteiger partial charge is 0.329 e. The van der Waals surface area contributed by atoms with Crippen LogP contribution in [-0.4, -0.2) is 65.6 Å². The van der Waals surface area contributed by atoms with E-state index in [1.54, 1.807) is 0 Å². The Balaban J connectivity index is 2.07. The van der Waals surface area contributed by atoms with Gasteiger partial charge in [-0.1, -0.05) is 13.8 Å². The lowest BCUT2D eigenvalue weighted by Crippen LogP contribution is -2.62. The fourth-order valence-corrected chi connectivity index (χ4v) is 4.49. The Kier molecular flexibility index (Phi) is 4.63. The van der Waals surface area contributed by atoms with Crippen LogP contribution in [0.5, 0.6) is 0 Å². The second kappa shape index (κ2) is 5.70. The molecule has 0 bridgehead atoms. The van der Waals surface area contributed by atoms with Crippen molar-refractivity contribution in [1.82, 2.24) is 9.80 Å². The first-order chi connectivity index (χ1) is 8.47. The molecule has 2 saturated heterocycles. The molecule has 2 heterocycles. The monoisotopic (exact) mass is 271 g/mol. The molecule has 2 aliphatic heterocycles. The van der Waals surface area contributed by atoms with E-state index in [1.165, 1.54) is 44.6 Å². The number of piperidine rings is 1. The summed E-state index contributed by atoms with van der Waals surface area (Å²) in [6, 6.07) is 0. The molecule has 18 heavy (non-hydrogen) atoms. The number of likely N-dealkylation sites (tertiary alicyclic amines) is 1. The molecule has 0 saturated carbocycles. The smallest absolute Gasteiger partial charge is 0.0459 e. The third kappa shape index (κ3) is 3.21. The summed E-state index contributed by atoms with van der Waals surface area (Å²) in [6.45, 7) is 10.4. The lowest BCUT2D eigenvalue weighted by molar-refractivity contribution is 0.0295.